The zero-order chi connectivity index (χ0) is 13.8. The molecule has 1 unspecified atom stereocenters. The minimum Gasteiger partial charge on any atom is -0.479 e. The van der Waals surface area contributed by atoms with Gasteiger partial charge in [0.05, 0.1) is 7.11 Å². The first-order valence-corrected chi connectivity index (χ1v) is 5.97. The largest absolute Gasteiger partial charge is 0.479 e. The molecule has 104 valence electrons. The van der Waals surface area contributed by atoms with Gasteiger partial charge in [0.1, 0.15) is 5.75 Å². The highest BCUT2D eigenvalue weighted by Crippen LogP contribution is 2.38. The summed E-state index contributed by atoms with van der Waals surface area (Å²) in [5.74, 6) is 1.46. The lowest BCUT2D eigenvalue weighted by Gasteiger charge is -2.16. The highest BCUT2D eigenvalue weighted by Gasteiger charge is 2.21. The van der Waals surface area contributed by atoms with Crippen LogP contribution in [0.3, 0.4) is 0 Å². The molecule has 0 bridgehead atoms. The molecule has 1 aliphatic heterocycles. The number of nitrogens with one attached hydrogen (secondary N) is 1. The maximum Gasteiger partial charge on any atom is 0.346 e. The number of benzene rings is 1. The standard InChI is InChI=1S/C13H17NO5/c1-8(13(15)16-3)19-10-5-12-11(17-7-18-12)4-9(10)6-14-2/h4-5,8,14H,6-7H2,1-3H3. The van der Waals surface area contributed by atoms with E-state index in [2.05, 4.69) is 10.1 Å². The average Bonchev–Trinajstić information content (AvgIpc) is 2.85. The maximum atomic E-state index is 11.4. The molecule has 6 nitrogen and oxygen atoms in total. The van der Waals surface area contributed by atoms with Crippen LogP contribution in [0.4, 0.5) is 0 Å². The third kappa shape index (κ3) is 2.90. The molecular weight excluding hydrogens is 250 g/mol. The van der Waals surface area contributed by atoms with E-state index in [1.165, 1.54) is 7.11 Å². The summed E-state index contributed by atoms with van der Waals surface area (Å²) in [7, 11) is 3.16. The van der Waals surface area contributed by atoms with Crippen LogP contribution in [0.25, 0.3) is 0 Å². The number of hydrogen-bond donors (Lipinski definition) is 1. The number of hydrogen-bond acceptors (Lipinski definition) is 6. The van der Waals surface area contributed by atoms with E-state index in [9.17, 15) is 4.79 Å². The topological polar surface area (TPSA) is 66.0 Å². The van der Waals surface area contributed by atoms with Gasteiger partial charge in [-0.25, -0.2) is 4.79 Å². The first-order valence-electron chi connectivity index (χ1n) is 5.97. The Balaban J connectivity index is 2.24. The summed E-state index contributed by atoms with van der Waals surface area (Å²) >= 11 is 0. The molecule has 0 saturated carbocycles. The van der Waals surface area contributed by atoms with Gasteiger partial charge in [0.15, 0.2) is 17.6 Å². The quantitative estimate of drug-likeness (QED) is 0.805. The molecule has 19 heavy (non-hydrogen) atoms. The van der Waals surface area contributed by atoms with Crippen LogP contribution in [0.2, 0.25) is 0 Å². The van der Waals surface area contributed by atoms with E-state index in [-0.39, 0.29) is 6.79 Å². The maximum absolute atomic E-state index is 11.4. The highest BCUT2D eigenvalue weighted by molar-refractivity contribution is 5.74. The van der Waals surface area contributed by atoms with Crippen LogP contribution < -0.4 is 19.5 Å². The minimum absolute atomic E-state index is 0.199. The molecule has 0 radical (unpaired) electrons. The van der Waals surface area contributed by atoms with Gasteiger partial charge in [0, 0.05) is 18.2 Å². The molecule has 1 aliphatic rings. The minimum atomic E-state index is -0.680. The zero-order valence-electron chi connectivity index (χ0n) is 11.2. The average molecular weight is 267 g/mol. The smallest absolute Gasteiger partial charge is 0.346 e. The number of carbonyl (C=O) groups excluding carboxylic acids is 1. The molecule has 1 N–H and O–H groups in total. The second-order valence-corrected chi connectivity index (χ2v) is 4.13. The molecule has 1 aromatic rings. The van der Waals surface area contributed by atoms with Gasteiger partial charge in [-0.3, -0.25) is 0 Å². The summed E-state index contributed by atoms with van der Waals surface area (Å²) in [6, 6.07) is 3.58. The molecule has 1 atom stereocenters. The molecule has 0 amide bonds. The molecule has 0 saturated heterocycles. The van der Waals surface area contributed by atoms with Gasteiger partial charge >= 0.3 is 5.97 Å². The van der Waals surface area contributed by atoms with E-state index in [1.54, 1.807) is 13.0 Å². The predicted molar refractivity (Wildman–Crippen MR) is 67.4 cm³/mol. The second-order valence-electron chi connectivity index (χ2n) is 4.13. The number of esters is 1. The van der Waals surface area contributed by atoms with E-state index in [4.69, 9.17) is 14.2 Å². The van der Waals surface area contributed by atoms with Crippen molar-refractivity contribution in [2.45, 2.75) is 19.6 Å². The van der Waals surface area contributed by atoms with Crippen LogP contribution in [-0.4, -0.2) is 33.0 Å². The molecule has 0 spiro atoms. The van der Waals surface area contributed by atoms with Crippen LogP contribution in [0.15, 0.2) is 12.1 Å². The lowest BCUT2D eigenvalue weighted by molar-refractivity contribution is -0.147. The van der Waals surface area contributed by atoms with Crippen LogP contribution in [0.5, 0.6) is 17.2 Å². The highest BCUT2D eigenvalue weighted by atomic mass is 16.7. The van der Waals surface area contributed by atoms with Gasteiger partial charge < -0.3 is 24.3 Å². The Morgan fingerprint density at radius 1 is 1.42 bits per heavy atom. The van der Waals surface area contributed by atoms with Crippen molar-refractivity contribution >= 4 is 5.97 Å². The molecule has 6 heteroatoms. The van der Waals surface area contributed by atoms with E-state index in [1.807, 2.05) is 13.1 Å². The van der Waals surface area contributed by atoms with Crippen molar-refractivity contribution in [3.05, 3.63) is 17.7 Å². The molecule has 0 aliphatic carbocycles. The van der Waals surface area contributed by atoms with Crippen LogP contribution in [-0.2, 0) is 16.1 Å². The number of methoxy groups -OCH3 is 1. The number of ether oxygens (including phenoxy) is 4. The predicted octanol–water partition coefficient (Wildman–Crippen LogP) is 1.07. The van der Waals surface area contributed by atoms with Gasteiger partial charge in [-0.15, -0.1) is 0 Å². The Labute approximate surface area is 111 Å². The number of fused-ring (bicyclic) bond motifs is 1. The fraction of sp³-hybridized carbons (Fsp3) is 0.462. The van der Waals surface area contributed by atoms with Crippen LogP contribution >= 0.6 is 0 Å². The molecule has 1 aromatic carbocycles. The van der Waals surface area contributed by atoms with E-state index < -0.39 is 12.1 Å². The van der Waals surface area contributed by atoms with Crippen LogP contribution in [0.1, 0.15) is 12.5 Å². The van der Waals surface area contributed by atoms with E-state index in [0.717, 1.165) is 5.56 Å². The van der Waals surface area contributed by atoms with Gasteiger partial charge in [0.2, 0.25) is 6.79 Å². The summed E-state index contributed by atoms with van der Waals surface area (Å²) in [5.41, 5.74) is 0.891. The van der Waals surface area contributed by atoms with Gasteiger partial charge in [0.25, 0.3) is 0 Å². The third-order valence-electron chi connectivity index (χ3n) is 2.76. The Kier molecular flexibility index (Phi) is 4.11. The second kappa shape index (κ2) is 5.79. The summed E-state index contributed by atoms with van der Waals surface area (Å²) in [6.07, 6.45) is -0.680. The number of carbonyl (C=O) groups is 1. The third-order valence-corrected chi connectivity index (χ3v) is 2.76. The Morgan fingerprint density at radius 2 is 2.11 bits per heavy atom. The summed E-state index contributed by atoms with van der Waals surface area (Å²) in [6.45, 7) is 2.43. The molecule has 0 fully saturated rings. The summed E-state index contributed by atoms with van der Waals surface area (Å²) in [4.78, 5) is 11.4. The number of rotatable bonds is 5. The van der Waals surface area contributed by atoms with Gasteiger partial charge in [-0.2, -0.15) is 0 Å². The van der Waals surface area contributed by atoms with Crippen molar-refractivity contribution < 1.29 is 23.7 Å². The lowest BCUT2D eigenvalue weighted by Crippen LogP contribution is -2.25. The van der Waals surface area contributed by atoms with Gasteiger partial charge in [-0.05, 0) is 20.0 Å². The molecule has 0 aromatic heterocycles. The van der Waals surface area contributed by atoms with Crippen molar-refractivity contribution in [3.63, 3.8) is 0 Å². The molecule has 1 heterocycles. The van der Waals surface area contributed by atoms with Crippen molar-refractivity contribution in [1.82, 2.24) is 5.32 Å². The fourth-order valence-corrected chi connectivity index (χ4v) is 1.81. The van der Waals surface area contributed by atoms with E-state index >= 15 is 0 Å². The first-order chi connectivity index (χ1) is 9.15. The van der Waals surface area contributed by atoms with Crippen molar-refractivity contribution in [3.8, 4) is 17.2 Å². The monoisotopic (exact) mass is 267 g/mol. The first kappa shape index (κ1) is 13.5. The van der Waals surface area contributed by atoms with Crippen molar-refractivity contribution in [2.75, 3.05) is 21.0 Å². The normalized spacial score (nSPS) is 14.1. The lowest BCUT2D eigenvalue weighted by atomic mass is 10.1. The summed E-state index contributed by atoms with van der Waals surface area (Å²) in [5, 5.41) is 3.04. The fourth-order valence-electron chi connectivity index (χ4n) is 1.81. The Bertz CT molecular complexity index is 474. The van der Waals surface area contributed by atoms with Gasteiger partial charge in [-0.1, -0.05) is 0 Å². The Morgan fingerprint density at radius 3 is 2.74 bits per heavy atom. The van der Waals surface area contributed by atoms with Crippen molar-refractivity contribution in [1.29, 1.82) is 0 Å². The van der Waals surface area contributed by atoms with Crippen LogP contribution in [0, 0.1) is 0 Å². The van der Waals surface area contributed by atoms with E-state index in [0.29, 0.717) is 23.8 Å². The van der Waals surface area contributed by atoms with Crippen molar-refractivity contribution in [2.24, 2.45) is 0 Å². The molecule has 2 rings (SSSR count). The summed E-state index contributed by atoms with van der Waals surface area (Å²) < 4.78 is 20.9. The SMILES string of the molecule is CNCc1cc2c(cc1OC(C)C(=O)OC)OCO2. The Hall–Kier alpha value is -1.95. The zero-order valence-corrected chi connectivity index (χ0v) is 11.2. The molecular formula is C13H17NO5.